The molecule has 1 N–H and O–H groups in total. The fourth-order valence-corrected chi connectivity index (χ4v) is 2.15. The Labute approximate surface area is 103 Å². The van der Waals surface area contributed by atoms with Gasteiger partial charge in [0.2, 0.25) is 4.77 Å². The van der Waals surface area contributed by atoms with Crippen LogP contribution in [0.25, 0.3) is 0 Å². The summed E-state index contributed by atoms with van der Waals surface area (Å²) in [7, 11) is 0. The second-order valence-electron chi connectivity index (χ2n) is 3.71. The molecule has 2 rings (SSSR count). The smallest absolute Gasteiger partial charge is 0.312 e. The number of nitrogens with one attached hydrogen (secondary N) is 1. The molecule has 2 atom stereocenters. The molecule has 0 aliphatic carbocycles. The minimum absolute atomic E-state index is 0.0365. The molecule has 1 aromatic heterocycles. The van der Waals surface area contributed by atoms with E-state index in [2.05, 4.69) is 16.3 Å². The highest BCUT2D eigenvalue weighted by Gasteiger charge is 2.38. The van der Waals surface area contributed by atoms with Gasteiger partial charge in [0.05, 0.1) is 19.3 Å². The third-order valence-electron chi connectivity index (χ3n) is 2.07. The fraction of sp³-hybridized carbons (Fsp3) is 0.667. The maximum absolute atomic E-state index is 5.53. The van der Waals surface area contributed by atoms with Gasteiger partial charge in [0.15, 0.2) is 0 Å². The molecule has 2 unspecified atom stereocenters. The Kier molecular flexibility index (Phi) is 3.48. The number of hydrogen-bond donors (Lipinski definition) is 1. The zero-order chi connectivity index (χ0) is 11.6. The molecule has 1 aromatic rings. The molecular weight excluding hydrogens is 248 g/mol. The highest BCUT2D eigenvalue weighted by atomic mass is 32.1. The number of aromatic amines is 1. The predicted molar refractivity (Wildman–Crippen MR) is 62.0 cm³/mol. The number of nitrogens with zero attached hydrogens (tertiary/aromatic N) is 1. The minimum Gasteiger partial charge on any atom is -0.469 e. The molecule has 1 aliphatic heterocycles. The number of aromatic nitrogens is 2. The van der Waals surface area contributed by atoms with Gasteiger partial charge in [-0.3, -0.25) is 4.37 Å². The van der Waals surface area contributed by atoms with Crippen molar-refractivity contribution in [3.63, 3.8) is 0 Å². The Morgan fingerprint density at radius 1 is 1.81 bits per heavy atom. The van der Waals surface area contributed by atoms with Crippen molar-refractivity contribution in [1.29, 1.82) is 0 Å². The zero-order valence-electron chi connectivity index (χ0n) is 8.89. The summed E-state index contributed by atoms with van der Waals surface area (Å²) in [6, 6.07) is 0. The van der Waals surface area contributed by atoms with Crippen LogP contribution in [-0.4, -0.2) is 34.5 Å². The Balaban J connectivity index is 1.71. The Hall–Kier alpha value is -0.630. The van der Waals surface area contributed by atoms with Gasteiger partial charge in [-0.15, -0.1) is 0 Å². The Bertz CT molecular complexity index is 401. The maximum atomic E-state index is 5.53. The van der Waals surface area contributed by atoms with Crippen molar-refractivity contribution in [2.75, 3.05) is 13.2 Å². The lowest BCUT2D eigenvalue weighted by Gasteiger charge is -2.10. The summed E-state index contributed by atoms with van der Waals surface area (Å²) < 4.78 is 19.5. The van der Waals surface area contributed by atoms with Gasteiger partial charge < -0.3 is 14.2 Å². The average molecular weight is 261 g/mol. The largest absolute Gasteiger partial charge is 0.469 e. The van der Waals surface area contributed by atoms with E-state index in [-0.39, 0.29) is 6.10 Å². The second kappa shape index (κ2) is 4.70. The van der Waals surface area contributed by atoms with Crippen LogP contribution >= 0.6 is 23.8 Å². The second-order valence-corrected chi connectivity index (χ2v) is 4.85. The van der Waals surface area contributed by atoms with Crippen molar-refractivity contribution in [2.24, 2.45) is 0 Å². The van der Waals surface area contributed by atoms with Gasteiger partial charge in [-0.05, 0) is 23.8 Å². The number of H-pyrrole nitrogens is 1. The normalized spacial score (nSPS) is 29.4. The van der Waals surface area contributed by atoms with E-state index in [0.29, 0.717) is 23.2 Å². The highest BCUT2D eigenvalue weighted by Crippen LogP contribution is 2.23. The lowest BCUT2D eigenvalue weighted by molar-refractivity contribution is -0.117. The molecule has 7 heteroatoms. The number of ether oxygens (including phenoxy) is 3. The van der Waals surface area contributed by atoms with Gasteiger partial charge >= 0.3 is 5.79 Å². The lowest BCUT2D eigenvalue weighted by Crippen LogP contribution is -2.22. The van der Waals surface area contributed by atoms with E-state index in [1.54, 1.807) is 6.92 Å². The van der Waals surface area contributed by atoms with Crippen molar-refractivity contribution < 1.29 is 14.2 Å². The van der Waals surface area contributed by atoms with Crippen LogP contribution in [0.2, 0.25) is 0 Å². The van der Waals surface area contributed by atoms with Gasteiger partial charge in [0, 0.05) is 13.3 Å². The van der Waals surface area contributed by atoms with Crippen molar-refractivity contribution in [2.45, 2.75) is 25.2 Å². The first-order chi connectivity index (χ1) is 7.55. The summed E-state index contributed by atoms with van der Waals surface area (Å²) in [5.74, 6) is -0.715. The van der Waals surface area contributed by atoms with Crippen molar-refractivity contribution in [3.8, 4) is 5.19 Å². The quantitative estimate of drug-likeness (QED) is 0.663. The zero-order valence-corrected chi connectivity index (χ0v) is 10.5. The van der Waals surface area contributed by atoms with Crippen LogP contribution in [0.3, 0.4) is 0 Å². The molecule has 0 aromatic carbocycles. The molecule has 0 saturated carbocycles. The molecule has 0 radical (unpaired) electrons. The molecule has 0 bridgehead atoms. The first-order valence-electron chi connectivity index (χ1n) is 4.91. The molecule has 1 saturated heterocycles. The van der Waals surface area contributed by atoms with E-state index in [9.17, 15) is 0 Å². The third-order valence-corrected chi connectivity index (χ3v) is 3.08. The molecule has 88 valence electrons. The van der Waals surface area contributed by atoms with Gasteiger partial charge in [-0.25, -0.2) is 0 Å². The minimum atomic E-state index is -0.715. The third kappa shape index (κ3) is 3.18. The average Bonchev–Trinajstić information content (AvgIpc) is 2.73. The van der Waals surface area contributed by atoms with Gasteiger partial charge in [0.25, 0.3) is 5.19 Å². The van der Waals surface area contributed by atoms with Crippen molar-refractivity contribution in [3.05, 3.63) is 11.7 Å². The van der Waals surface area contributed by atoms with Crippen LogP contribution in [0.1, 0.15) is 13.3 Å². The van der Waals surface area contributed by atoms with Crippen LogP contribution in [0, 0.1) is 11.7 Å². The maximum Gasteiger partial charge on any atom is 0.312 e. The molecule has 16 heavy (non-hydrogen) atoms. The standard InChI is InChI=1S/C9H12N2O3S2/c1-9(2)13-5-6(14-9)3-4-12-8-10-7(15)11-16-8/h6H,1,3-5H2,2H3/p+1. The van der Waals surface area contributed by atoms with Crippen molar-refractivity contribution in [1.82, 2.24) is 9.36 Å². The summed E-state index contributed by atoms with van der Waals surface area (Å²) in [5, 5.41) is 0.557. The Morgan fingerprint density at radius 3 is 3.19 bits per heavy atom. The van der Waals surface area contributed by atoms with E-state index >= 15 is 0 Å². The van der Waals surface area contributed by atoms with Crippen LogP contribution in [-0.2, 0) is 9.47 Å². The molecule has 0 spiro atoms. The van der Waals surface area contributed by atoms with Crippen LogP contribution < -0.4 is 4.74 Å². The SMILES string of the molecule is [CH2+]C1(C)OCC(CCOc2nc(=S)[nH]s2)O1. The monoisotopic (exact) mass is 261 g/mol. The van der Waals surface area contributed by atoms with Crippen molar-refractivity contribution >= 4 is 23.8 Å². The number of rotatable bonds is 4. The summed E-state index contributed by atoms with van der Waals surface area (Å²) in [4.78, 5) is 3.97. The first kappa shape index (κ1) is 11.8. The van der Waals surface area contributed by atoms with Crippen LogP contribution in [0.4, 0.5) is 0 Å². The summed E-state index contributed by atoms with van der Waals surface area (Å²) >= 11 is 6.12. The molecule has 1 aliphatic rings. The summed E-state index contributed by atoms with van der Waals surface area (Å²) in [6.45, 7) is 6.66. The van der Waals surface area contributed by atoms with Gasteiger partial charge in [0.1, 0.15) is 6.92 Å². The van der Waals surface area contributed by atoms with Crippen LogP contribution in [0.5, 0.6) is 5.19 Å². The molecule has 1 fully saturated rings. The van der Waals surface area contributed by atoms with Gasteiger partial charge in [-0.1, -0.05) is 0 Å². The first-order valence-corrected chi connectivity index (χ1v) is 6.13. The van der Waals surface area contributed by atoms with E-state index in [1.165, 1.54) is 11.5 Å². The predicted octanol–water partition coefficient (Wildman–Crippen LogP) is 1.94. The Morgan fingerprint density at radius 2 is 2.62 bits per heavy atom. The molecule has 2 heterocycles. The van der Waals surface area contributed by atoms with E-state index in [4.69, 9.17) is 26.4 Å². The van der Waals surface area contributed by atoms with E-state index in [1.807, 2.05) is 0 Å². The molecule has 5 nitrogen and oxygen atoms in total. The number of hydrogen-bond acceptors (Lipinski definition) is 6. The topological polar surface area (TPSA) is 56.4 Å². The fourth-order valence-electron chi connectivity index (χ4n) is 1.39. The summed E-state index contributed by atoms with van der Waals surface area (Å²) in [5.41, 5.74) is 0. The molecular formula is C9H13N2O3S2+. The van der Waals surface area contributed by atoms with Gasteiger partial charge in [-0.2, -0.15) is 4.98 Å². The van der Waals surface area contributed by atoms with Crippen LogP contribution in [0.15, 0.2) is 0 Å². The highest BCUT2D eigenvalue weighted by molar-refractivity contribution is 7.71. The summed E-state index contributed by atoms with van der Waals surface area (Å²) in [6.07, 6.45) is 0.784. The van der Waals surface area contributed by atoms with E-state index < -0.39 is 5.79 Å². The van der Waals surface area contributed by atoms with E-state index in [0.717, 1.165) is 6.42 Å². The lowest BCUT2D eigenvalue weighted by atomic mass is 10.3. The molecule has 0 amide bonds.